The van der Waals surface area contributed by atoms with Crippen molar-refractivity contribution in [2.24, 2.45) is 0 Å². The number of hydrogen-bond acceptors (Lipinski definition) is 3. The van der Waals surface area contributed by atoms with Crippen molar-refractivity contribution in [3.8, 4) is 0 Å². The lowest BCUT2D eigenvalue weighted by atomic mass is 10.1. The fraction of sp³-hybridized carbons (Fsp3) is 0.700. The second-order valence-electron chi connectivity index (χ2n) is 3.76. The van der Waals surface area contributed by atoms with Crippen LogP contribution >= 0.6 is 0 Å². The molecule has 0 aliphatic carbocycles. The van der Waals surface area contributed by atoms with Gasteiger partial charge in [-0.05, 0) is 11.5 Å². The lowest BCUT2D eigenvalue weighted by molar-refractivity contribution is 0.0514. The molecule has 0 aliphatic heterocycles. The fourth-order valence-corrected chi connectivity index (χ4v) is 1.24. The van der Waals surface area contributed by atoms with E-state index in [0.29, 0.717) is 19.1 Å². The highest BCUT2D eigenvalue weighted by Crippen LogP contribution is 2.12. The zero-order valence-electron chi connectivity index (χ0n) is 8.97. The van der Waals surface area contributed by atoms with Gasteiger partial charge >= 0.3 is 0 Å². The largest absolute Gasteiger partial charge is 0.389 e. The molecule has 1 aromatic rings. The zero-order chi connectivity index (χ0) is 10.6. The summed E-state index contributed by atoms with van der Waals surface area (Å²) in [5.74, 6) is 0.475. The van der Waals surface area contributed by atoms with Gasteiger partial charge in [0.05, 0.1) is 25.5 Å². The predicted octanol–water partition coefficient (Wildman–Crippen LogP) is 1.01. The molecular weight excluding hydrogens is 180 g/mol. The summed E-state index contributed by atoms with van der Waals surface area (Å²) in [4.78, 5) is 0. The van der Waals surface area contributed by atoms with Crippen LogP contribution in [0.1, 0.15) is 25.3 Å². The van der Waals surface area contributed by atoms with Gasteiger partial charge in [0, 0.05) is 13.3 Å². The standard InChI is InChI=1S/C10H18N2O2/c1-8(2)9-4-11-12(5-9)6-10(13)7-14-3/h4-5,8,10,13H,6-7H2,1-3H3. The van der Waals surface area contributed by atoms with E-state index in [1.807, 2.05) is 12.4 Å². The predicted molar refractivity (Wildman–Crippen MR) is 54.2 cm³/mol. The van der Waals surface area contributed by atoms with Gasteiger partial charge in [0.1, 0.15) is 0 Å². The van der Waals surface area contributed by atoms with Crippen molar-refractivity contribution in [1.29, 1.82) is 0 Å². The molecule has 1 heterocycles. The van der Waals surface area contributed by atoms with Crippen molar-refractivity contribution in [2.45, 2.75) is 32.4 Å². The Bertz CT molecular complexity index is 271. The summed E-state index contributed by atoms with van der Waals surface area (Å²) in [6.07, 6.45) is 3.31. The van der Waals surface area contributed by atoms with Crippen molar-refractivity contribution >= 4 is 0 Å². The molecular formula is C10H18N2O2. The molecule has 0 fully saturated rings. The summed E-state index contributed by atoms with van der Waals surface area (Å²) in [7, 11) is 1.58. The Kier molecular flexibility index (Phi) is 4.10. The van der Waals surface area contributed by atoms with Gasteiger partial charge < -0.3 is 9.84 Å². The van der Waals surface area contributed by atoms with E-state index < -0.39 is 6.10 Å². The number of nitrogens with zero attached hydrogens (tertiary/aromatic N) is 2. The molecule has 0 saturated carbocycles. The number of methoxy groups -OCH3 is 1. The molecule has 80 valence electrons. The molecule has 1 unspecified atom stereocenters. The van der Waals surface area contributed by atoms with Crippen LogP contribution in [0.4, 0.5) is 0 Å². The Morgan fingerprint density at radius 3 is 2.79 bits per heavy atom. The maximum atomic E-state index is 9.46. The van der Waals surface area contributed by atoms with E-state index in [0.717, 1.165) is 0 Å². The van der Waals surface area contributed by atoms with Crippen LogP contribution in [0.2, 0.25) is 0 Å². The van der Waals surface area contributed by atoms with Crippen LogP contribution < -0.4 is 0 Å². The minimum absolute atomic E-state index is 0.344. The number of ether oxygens (including phenoxy) is 1. The van der Waals surface area contributed by atoms with Gasteiger partial charge in [0.2, 0.25) is 0 Å². The van der Waals surface area contributed by atoms with E-state index >= 15 is 0 Å². The van der Waals surface area contributed by atoms with Crippen molar-refractivity contribution in [3.63, 3.8) is 0 Å². The Labute approximate surface area is 84.5 Å². The highest BCUT2D eigenvalue weighted by atomic mass is 16.5. The average Bonchev–Trinajstić information content (AvgIpc) is 2.53. The number of rotatable bonds is 5. The second-order valence-corrected chi connectivity index (χ2v) is 3.76. The Hall–Kier alpha value is -0.870. The van der Waals surface area contributed by atoms with Gasteiger partial charge in [-0.25, -0.2) is 0 Å². The lowest BCUT2D eigenvalue weighted by Gasteiger charge is -2.08. The smallest absolute Gasteiger partial charge is 0.0968 e. The number of hydrogen-bond donors (Lipinski definition) is 1. The van der Waals surface area contributed by atoms with Crippen molar-refractivity contribution < 1.29 is 9.84 Å². The summed E-state index contributed by atoms with van der Waals surface area (Å²) >= 11 is 0. The summed E-state index contributed by atoms with van der Waals surface area (Å²) in [5, 5.41) is 13.6. The Morgan fingerprint density at radius 2 is 2.29 bits per heavy atom. The number of aliphatic hydroxyl groups is 1. The first kappa shape index (κ1) is 11.2. The Morgan fingerprint density at radius 1 is 1.57 bits per heavy atom. The third kappa shape index (κ3) is 3.12. The van der Waals surface area contributed by atoms with E-state index in [1.165, 1.54) is 5.56 Å². The highest BCUT2D eigenvalue weighted by Gasteiger charge is 2.07. The van der Waals surface area contributed by atoms with Crippen LogP contribution in [-0.4, -0.2) is 34.7 Å². The molecule has 4 nitrogen and oxygen atoms in total. The van der Waals surface area contributed by atoms with E-state index in [4.69, 9.17) is 4.74 Å². The maximum absolute atomic E-state index is 9.46. The molecule has 1 aromatic heterocycles. The molecule has 1 N–H and O–H groups in total. The SMILES string of the molecule is COCC(O)Cn1cc(C(C)C)cn1. The number of aliphatic hydroxyl groups excluding tert-OH is 1. The minimum atomic E-state index is -0.486. The van der Waals surface area contributed by atoms with E-state index in [-0.39, 0.29) is 0 Å². The highest BCUT2D eigenvalue weighted by molar-refractivity contribution is 5.08. The maximum Gasteiger partial charge on any atom is 0.0968 e. The van der Waals surface area contributed by atoms with Gasteiger partial charge in [-0.15, -0.1) is 0 Å². The van der Waals surface area contributed by atoms with Gasteiger partial charge in [0.15, 0.2) is 0 Å². The molecule has 0 saturated heterocycles. The molecule has 4 heteroatoms. The van der Waals surface area contributed by atoms with Gasteiger partial charge in [-0.3, -0.25) is 4.68 Å². The fourth-order valence-electron chi connectivity index (χ4n) is 1.24. The summed E-state index contributed by atoms with van der Waals surface area (Å²) in [6.45, 7) is 5.07. The van der Waals surface area contributed by atoms with Crippen molar-refractivity contribution in [1.82, 2.24) is 9.78 Å². The monoisotopic (exact) mass is 198 g/mol. The van der Waals surface area contributed by atoms with Crippen LogP contribution in [0.25, 0.3) is 0 Å². The zero-order valence-corrected chi connectivity index (χ0v) is 8.97. The first-order chi connectivity index (χ1) is 6.63. The molecule has 0 aromatic carbocycles. The summed E-state index contributed by atoms with van der Waals surface area (Å²) in [5.41, 5.74) is 1.19. The topological polar surface area (TPSA) is 47.3 Å². The van der Waals surface area contributed by atoms with E-state index in [2.05, 4.69) is 18.9 Å². The quantitative estimate of drug-likeness (QED) is 0.768. The number of aromatic nitrogens is 2. The minimum Gasteiger partial charge on any atom is -0.389 e. The average molecular weight is 198 g/mol. The molecule has 0 spiro atoms. The molecule has 0 radical (unpaired) electrons. The van der Waals surface area contributed by atoms with Gasteiger partial charge in [-0.2, -0.15) is 5.10 Å². The Balaban J connectivity index is 2.51. The van der Waals surface area contributed by atoms with E-state index in [9.17, 15) is 5.11 Å². The molecule has 1 atom stereocenters. The summed E-state index contributed by atoms with van der Waals surface area (Å²) < 4.78 is 6.59. The molecule has 14 heavy (non-hydrogen) atoms. The molecule has 1 rings (SSSR count). The van der Waals surface area contributed by atoms with Crippen LogP contribution in [0.5, 0.6) is 0 Å². The van der Waals surface area contributed by atoms with Crippen molar-refractivity contribution in [2.75, 3.05) is 13.7 Å². The molecule has 0 aliphatic rings. The van der Waals surface area contributed by atoms with Crippen molar-refractivity contribution in [3.05, 3.63) is 18.0 Å². The van der Waals surface area contributed by atoms with Crippen LogP contribution in [0, 0.1) is 0 Å². The van der Waals surface area contributed by atoms with Crippen LogP contribution in [0.3, 0.4) is 0 Å². The van der Waals surface area contributed by atoms with Crippen LogP contribution in [-0.2, 0) is 11.3 Å². The molecule has 0 amide bonds. The van der Waals surface area contributed by atoms with E-state index in [1.54, 1.807) is 11.8 Å². The first-order valence-electron chi connectivity index (χ1n) is 4.82. The molecule has 0 bridgehead atoms. The van der Waals surface area contributed by atoms with Gasteiger partial charge in [0.25, 0.3) is 0 Å². The lowest BCUT2D eigenvalue weighted by Crippen LogP contribution is -2.21. The first-order valence-corrected chi connectivity index (χ1v) is 4.82. The third-order valence-electron chi connectivity index (χ3n) is 2.08. The van der Waals surface area contributed by atoms with Gasteiger partial charge in [-0.1, -0.05) is 13.8 Å². The normalized spacial score (nSPS) is 13.5. The summed E-state index contributed by atoms with van der Waals surface area (Å²) in [6, 6.07) is 0. The second kappa shape index (κ2) is 5.12. The van der Waals surface area contributed by atoms with Crippen LogP contribution in [0.15, 0.2) is 12.4 Å². The third-order valence-corrected chi connectivity index (χ3v) is 2.08.